The Morgan fingerprint density at radius 3 is 2.16 bits per heavy atom. The summed E-state index contributed by atoms with van der Waals surface area (Å²) >= 11 is 0. The van der Waals surface area contributed by atoms with Gasteiger partial charge in [-0.15, -0.1) is 0 Å². The van der Waals surface area contributed by atoms with Gasteiger partial charge in [0.15, 0.2) is 0 Å². The quantitative estimate of drug-likeness (QED) is 0.534. The van der Waals surface area contributed by atoms with Crippen LogP contribution < -0.4 is 5.32 Å². The van der Waals surface area contributed by atoms with Crippen molar-refractivity contribution in [2.45, 2.75) is 52.4 Å². The van der Waals surface area contributed by atoms with E-state index in [9.17, 15) is 4.79 Å². The molecule has 4 rings (SSSR count). The number of nitrogens with zero attached hydrogens (tertiary/aromatic N) is 1. The maximum atomic E-state index is 12.5. The normalized spacial score (nSPS) is 16.3. The van der Waals surface area contributed by atoms with E-state index in [0.29, 0.717) is 6.54 Å². The van der Waals surface area contributed by atoms with Crippen LogP contribution in [0.15, 0.2) is 77.9 Å². The molecule has 1 saturated heterocycles. The lowest BCUT2D eigenvalue weighted by molar-refractivity contribution is 0.0954. The van der Waals surface area contributed by atoms with Gasteiger partial charge in [0.05, 0.1) is 0 Å². The Balaban J connectivity index is 0.00000141. The molecule has 32 heavy (non-hydrogen) atoms. The van der Waals surface area contributed by atoms with Gasteiger partial charge in [0.1, 0.15) is 0 Å². The standard InChI is InChI=1S/C27H32N2O.C2H6/c30-27(26-15-13-25(14-16-26)24-9-2-1-3-10-24)28-18-17-22-7-6-8-23(12-11-22)21-29-19-4-5-20-29;1-2/h1-3,9-16H,4-8,17-21H2,(H,28,30);1-2H3. The molecule has 1 aliphatic carbocycles. The molecule has 0 radical (unpaired) electrons. The second-order valence-corrected chi connectivity index (χ2v) is 8.44. The minimum absolute atomic E-state index is 0.00842. The SMILES string of the molecule is CC.O=C(NCCC1=CC=C(CN2CCCC2)CCC1)c1ccc(-c2ccccc2)cc1. The van der Waals surface area contributed by atoms with Gasteiger partial charge in [-0.25, -0.2) is 0 Å². The Morgan fingerprint density at radius 2 is 1.44 bits per heavy atom. The number of carbonyl (C=O) groups is 1. The summed E-state index contributed by atoms with van der Waals surface area (Å²) in [6.45, 7) is 8.35. The van der Waals surface area contributed by atoms with Crippen molar-refractivity contribution < 1.29 is 4.79 Å². The van der Waals surface area contributed by atoms with Crippen molar-refractivity contribution in [1.82, 2.24) is 10.2 Å². The van der Waals surface area contributed by atoms with Gasteiger partial charge in [-0.1, -0.05) is 79.6 Å². The number of amides is 1. The fourth-order valence-corrected chi connectivity index (χ4v) is 4.40. The van der Waals surface area contributed by atoms with Gasteiger partial charge >= 0.3 is 0 Å². The molecule has 1 heterocycles. The lowest BCUT2D eigenvalue weighted by Gasteiger charge is -2.16. The lowest BCUT2D eigenvalue weighted by atomic mass is 10.0. The molecule has 0 aromatic heterocycles. The van der Waals surface area contributed by atoms with Crippen molar-refractivity contribution >= 4 is 5.91 Å². The summed E-state index contributed by atoms with van der Waals surface area (Å²) in [4.78, 5) is 15.1. The van der Waals surface area contributed by atoms with Crippen molar-refractivity contribution in [3.63, 3.8) is 0 Å². The fourth-order valence-electron chi connectivity index (χ4n) is 4.40. The van der Waals surface area contributed by atoms with Crippen LogP contribution in [0.1, 0.15) is 62.7 Å². The van der Waals surface area contributed by atoms with Crippen LogP contribution in [-0.4, -0.2) is 37.0 Å². The first-order chi connectivity index (χ1) is 15.8. The van der Waals surface area contributed by atoms with Gasteiger partial charge in [-0.2, -0.15) is 0 Å². The number of allylic oxidation sites excluding steroid dienone is 2. The van der Waals surface area contributed by atoms with E-state index in [0.717, 1.165) is 30.5 Å². The van der Waals surface area contributed by atoms with E-state index in [1.807, 2.05) is 56.3 Å². The third kappa shape index (κ3) is 7.20. The van der Waals surface area contributed by atoms with Crippen molar-refractivity contribution in [3.8, 4) is 11.1 Å². The number of hydrogen-bond donors (Lipinski definition) is 1. The van der Waals surface area contributed by atoms with Crippen LogP contribution in [0.25, 0.3) is 11.1 Å². The molecule has 0 spiro atoms. The van der Waals surface area contributed by atoms with E-state index in [2.05, 4.69) is 34.5 Å². The highest BCUT2D eigenvalue weighted by Crippen LogP contribution is 2.22. The zero-order valence-electron chi connectivity index (χ0n) is 19.8. The lowest BCUT2D eigenvalue weighted by Crippen LogP contribution is -2.24. The van der Waals surface area contributed by atoms with Gasteiger partial charge in [0.25, 0.3) is 5.91 Å². The van der Waals surface area contributed by atoms with Crippen molar-refractivity contribution in [3.05, 3.63) is 83.5 Å². The molecular weight excluding hydrogens is 392 g/mol. The van der Waals surface area contributed by atoms with Crippen LogP contribution in [0.5, 0.6) is 0 Å². The monoisotopic (exact) mass is 430 g/mol. The summed E-state index contributed by atoms with van der Waals surface area (Å²) in [5, 5.41) is 3.09. The smallest absolute Gasteiger partial charge is 0.251 e. The molecule has 2 aliphatic rings. The Labute approximate surface area is 194 Å². The maximum absolute atomic E-state index is 12.5. The average Bonchev–Trinajstić information content (AvgIpc) is 3.27. The number of nitrogens with one attached hydrogen (secondary N) is 1. The zero-order chi connectivity index (χ0) is 22.6. The molecule has 1 aliphatic heterocycles. The Kier molecular flexibility index (Phi) is 9.77. The summed E-state index contributed by atoms with van der Waals surface area (Å²) in [7, 11) is 0. The van der Waals surface area contributed by atoms with Gasteiger partial charge < -0.3 is 5.32 Å². The molecule has 1 N–H and O–H groups in total. The van der Waals surface area contributed by atoms with Crippen LogP contribution in [0.3, 0.4) is 0 Å². The minimum Gasteiger partial charge on any atom is -0.352 e. The average molecular weight is 431 g/mol. The Hall–Kier alpha value is -2.65. The van der Waals surface area contributed by atoms with Gasteiger partial charge in [-0.3, -0.25) is 9.69 Å². The summed E-state index contributed by atoms with van der Waals surface area (Å²) in [6, 6.07) is 18.1. The summed E-state index contributed by atoms with van der Waals surface area (Å²) in [6.07, 6.45) is 11.8. The summed E-state index contributed by atoms with van der Waals surface area (Å²) in [5.74, 6) is 0.00842. The molecule has 0 saturated carbocycles. The van der Waals surface area contributed by atoms with Gasteiger partial charge in [0.2, 0.25) is 0 Å². The van der Waals surface area contributed by atoms with Crippen LogP contribution in [0.4, 0.5) is 0 Å². The predicted molar refractivity (Wildman–Crippen MR) is 136 cm³/mol. The number of benzene rings is 2. The van der Waals surface area contributed by atoms with E-state index in [-0.39, 0.29) is 5.91 Å². The first-order valence-electron chi connectivity index (χ1n) is 12.3. The minimum atomic E-state index is 0.00842. The number of carbonyl (C=O) groups excluding carboxylic acids is 1. The van der Waals surface area contributed by atoms with Crippen LogP contribution in [0.2, 0.25) is 0 Å². The van der Waals surface area contributed by atoms with Gasteiger partial charge in [0, 0.05) is 18.7 Å². The zero-order valence-corrected chi connectivity index (χ0v) is 19.8. The molecule has 0 atom stereocenters. The molecular formula is C29H38N2O. The Bertz CT molecular complexity index is 891. The summed E-state index contributed by atoms with van der Waals surface area (Å²) < 4.78 is 0. The highest BCUT2D eigenvalue weighted by atomic mass is 16.1. The second kappa shape index (κ2) is 13.0. The topological polar surface area (TPSA) is 32.3 Å². The Morgan fingerprint density at radius 1 is 0.812 bits per heavy atom. The highest BCUT2D eigenvalue weighted by Gasteiger charge is 2.14. The van der Waals surface area contributed by atoms with Crippen molar-refractivity contribution in [2.24, 2.45) is 0 Å². The third-order valence-electron chi connectivity index (χ3n) is 6.16. The first-order valence-corrected chi connectivity index (χ1v) is 12.3. The largest absolute Gasteiger partial charge is 0.352 e. The molecule has 2 aromatic rings. The molecule has 3 heteroatoms. The summed E-state index contributed by atoms with van der Waals surface area (Å²) in [5.41, 5.74) is 6.03. The van der Waals surface area contributed by atoms with Crippen LogP contribution >= 0.6 is 0 Å². The van der Waals surface area contributed by atoms with Gasteiger partial charge in [-0.05, 0) is 74.9 Å². The number of likely N-dealkylation sites (tertiary alicyclic amines) is 1. The second-order valence-electron chi connectivity index (χ2n) is 8.44. The molecule has 0 bridgehead atoms. The molecule has 0 unspecified atom stereocenters. The molecule has 1 fully saturated rings. The highest BCUT2D eigenvalue weighted by molar-refractivity contribution is 5.94. The van der Waals surface area contributed by atoms with Crippen LogP contribution in [0, 0.1) is 0 Å². The third-order valence-corrected chi connectivity index (χ3v) is 6.16. The predicted octanol–water partition coefficient (Wildman–Crippen LogP) is 6.63. The van der Waals surface area contributed by atoms with E-state index in [4.69, 9.17) is 0 Å². The van der Waals surface area contributed by atoms with E-state index in [1.165, 1.54) is 49.9 Å². The van der Waals surface area contributed by atoms with Crippen LogP contribution in [-0.2, 0) is 0 Å². The number of hydrogen-bond acceptors (Lipinski definition) is 2. The maximum Gasteiger partial charge on any atom is 0.251 e. The van der Waals surface area contributed by atoms with E-state index >= 15 is 0 Å². The van der Waals surface area contributed by atoms with Crippen molar-refractivity contribution in [1.29, 1.82) is 0 Å². The number of rotatable bonds is 7. The first kappa shape index (κ1) is 24.0. The molecule has 1 amide bonds. The molecule has 170 valence electrons. The molecule has 2 aromatic carbocycles. The van der Waals surface area contributed by atoms with E-state index in [1.54, 1.807) is 5.57 Å². The van der Waals surface area contributed by atoms with E-state index < -0.39 is 0 Å². The van der Waals surface area contributed by atoms with Crippen molar-refractivity contribution in [2.75, 3.05) is 26.2 Å². The fraction of sp³-hybridized carbons (Fsp3) is 0.414. The molecule has 3 nitrogen and oxygen atoms in total.